The summed E-state index contributed by atoms with van der Waals surface area (Å²) in [4.78, 5) is 24.0. The van der Waals surface area contributed by atoms with Gasteiger partial charge < -0.3 is 19.7 Å². The molecule has 4 aromatic rings. The highest BCUT2D eigenvalue weighted by Crippen LogP contribution is 2.24. The van der Waals surface area contributed by atoms with Gasteiger partial charge in [-0.3, -0.25) is 9.59 Å². The van der Waals surface area contributed by atoms with Gasteiger partial charge in [-0.1, -0.05) is 54.6 Å². The predicted octanol–water partition coefficient (Wildman–Crippen LogP) is 4.85. The van der Waals surface area contributed by atoms with Crippen LogP contribution in [0, 0.1) is 11.3 Å². The second kappa shape index (κ2) is 10.2. The van der Waals surface area contributed by atoms with Gasteiger partial charge in [0, 0.05) is 34.4 Å². The highest BCUT2D eigenvalue weighted by Gasteiger charge is 2.14. The molecule has 0 saturated carbocycles. The molecular weight excluding hydrogens is 430 g/mol. The summed E-state index contributed by atoms with van der Waals surface area (Å²) in [5, 5.41) is 22.3. The van der Waals surface area contributed by atoms with E-state index in [9.17, 15) is 20.0 Å². The fraction of sp³-hybridized carbons (Fsp3) is 0.0741. The van der Waals surface area contributed by atoms with Crippen molar-refractivity contribution >= 4 is 34.5 Å². The third kappa shape index (κ3) is 5.31. The van der Waals surface area contributed by atoms with E-state index in [4.69, 9.17) is 4.74 Å². The van der Waals surface area contributed by atoms with E-state index in [1.807, 2.05) is 48.5 Å². The van der Waals surface area contributed by atoms with Gasteiger partial charge in [-0.15, -0.1) is 0 Å². The van der Waals surface area contributed by atoms with Crippen molar-refractivity contribution in [2.24, 2.45) is 0 Å². The molecule has 0 atom stereocenters. The summed E-state index contributed by atoms with van der Waals surface area (Å²) in [6, 6.07) is 25.8. The Morgan fingerprint density at radius 1 is 1.03 bits per heavy atom. The van der Waals surface area contributed by atoms with E-state index in [0.29, 0.717) is 29.1 Å². The number of carbonyl (C=O) groups excluding carboxylic acids is 1. The third-order valence-electron chi connectivity index (χ3n) is 5.13. The number of hydrogen-bond acceptors (Lipinski definition) is 4. The van der Waals surface area contributed by atoms with Crippen molar-refractivity contribution in [3.63, 3.8) is 0 Å². The lowest BCUT2D eigenvalue weighted by Gasteiger charge is -2.09. The number of nitriles is 1. The summed E-state index contributed by atoms with van der Waals surface area (Å²) in [5.74, 6) is -0.970. The van der Waals surface area contributed by atoms with E-state index in [1.165, 1.54) is 6.08 Å². The summed E-state index contributed by atoms with van der Waals surface area (Å²) in [6.45, 7) is 0.167. The van der Waals surface area contributed by atoms with Crippen LogP contribution in [0.15, 0.2) is 90.6 Å². The van der Waals surface area contributed by atoms with Crippen LogP contribution in [0.1, 0.15) is 11.1 Å². The number of amides is 1. The van der Waals surface area contributed by atoms with Crippen molar-refractivity contribution in [3.05, 3.63) is 102 Å². The lowest BCUT2D eigenvalue weighted by molar-refractivity contribution is -0.137. The number of carboxylic acid groups (broad SMARTS) is 1. The standard InChI is InChI=1S/C27H21N3O4/c28-15-20(13-21-16-30(17-26(31)32)25-12-5-4-11-24(21)25)27(33)29-22-9-6-10-23(14-22)34-18-19-7-2-1-3-8-19/h1-14,16H,17-18H2,(H,29,33)(H,31,32). The number of nitrogens with one attached hydrogen (secondary N) is 1. The summed E-state index contributed by atoms with van der Waals surface area (Å²) in [7, 11) is 0. The molecule has 0 spiro atoms. The minimum atomic E-state index is -0.983. The van der Waals surface area contributed by atoms with Gasteiger partial charge >= 0.3 is 5.97 Å². The van der Waals surface area contributed by atoms with Crippen molar-refractivity contribution in [1.82, 2.24) is 4.57 Å². The van der Waals surface area contributed by atoms with Gasteiger partial charge in [-0.2, -0.15) is 5.26 Å². The number of aliphatic carboxylic acids is 1. The average Bonchev–Trinajstić information content (AvgIpc) is 3.18. The molecule has 1 heterocycles. The van der Waals surface area contributed by atoms with Crippen LogP contribution in [0.5, 0.6) is 5.75 Å². The van der Waals surface area contributed by atoms with Crippen LogP contribution < -0.4 is 10.1 Å². The SMILES string of the molecule is N#CC(=Cc1cn(CC(=O)O)c2ccccc12)C(=O)Nc1cccc(OCc2ccccc2)c1. The highest BCUT2D eigenvalue weighted by molar-refractivity contribution is 6.10. The van der Waals surface area contributed by atoms with Gasteiger partial charge in [0.25, 0.3) is 5.91 Å². The zero-order valence-electron chi connectivity index (χ0n) is 18.1. The van der Waals surface area contributed by atoms with Gasteiger partial charge in [0.2, 0.25) is 0 Å². The average molecular weight is 451 g/mol. The number of anilines is 1. The Morgan fingerprint density at radius 2 is 1.79 bits per heavy atom. The first-order valence-corrected chi connectivity index (χ1v) is 10.5. The minimum absolute atomic E-state index is 0.103. The molecule has 3 aromatic carbocycles. The molecule has 1 amide bonds. The summed E-state index contributed by atoms with van der Waals surface area (Å²) < 4.78 is 7.37. The Morgan fingerprint density at radius 3 is 2.56 bits per heavy atom. The molecule has 34 heavy (non-hydrogen) atoms. The van der Waals surface area contributed by atoms with Crippen LogP contribution in [0.2, 0.25) is 0 Å². The van der Waals surface area contributed by atoms with Crippen molar-refractivity contribution < 1.29 is 19.4 Å². The number of carbonyl (C=O) groups is 2. The molecule has 2 N–H and O–H groups in total. The molecule has 168 valence electrons. The molecule has 7 nitrogen and oxygen atoms in total. The van der Waals surface area contributed by atoms with Crippen LogP contribution in [0.4, 0.5) is 5.69 Å². The van der Waals surface area contributed by atoms with E-state index < -0.39 is 11.9 Å². The Hall–Kier alpha value is -4.83. The normalized spacial score (nSPS) is 11.1. The van der Waals surface area contributed by atoms with Crippen LogP contribution in [-0.4, -0.2) is 21.6 Å². The van der Waals surface area contributed by atoms with Crippen molar-refractivity contribution in [3.8, 4) is 11.8 Å². The monoisotopic (exact) mass is 451 g/mol. The summed E-state index contributed by atoms with van der Waals surface area (Å²) >= 11 is 0. The fourth-order valence-electron chi connectivity index (χ4n) is 3.57. The molecule has 0 unspecified atom stereocenters. The maximum absolute atomic E-state index is 12.8. The van der Waals surface area contributed by atoms with E-state index >= 15 is 0 Å². The lowest BCUT2D eigenvalue weighted by Crippen LogP contribution is -2.13. The number of carboxylic acids is 1. The topological polar surface area (TPSA) is 104 Å². The Kier molecular flexibility index (Phi) is 6.70. The predicted molar refractivity (Wildman–Crippen MR) is 129 cm³/mol. The number of ether oxygens (including phenoxy) is 1. The van der Waals surface area contributed by atoms with Gasteiger partial charge in [0.15, 0.2) is 0 Å². The van der Waals surface area contributed by atoms with Crippen molar-refractivity contribution in [2.75, 3.05) is 5.32 Å². The van der Waals surface area contributed by atoms with Crippen LogP contribution in [0.3, 0.4) is 0 Å². The van der Waals surface area contributed by atoms with E-state index in [0.717, 1.165) is 10.9 Å². The molecule has 0 fully saturated rings. The Balaban J connectivity index is 1.53. The van der Waals surface area contributed by atoms with E-state index in [2.05, 4.69) is 5.32 Å². The van der Waals surface area contributed by atoms with Gasteiger partial charge in [0.05, 0.1) is 0 Å². The zero-order valence-corrected chi connectivity index (χ0v) is 18.1. The third-order valence-corrected chi connectivity index (χ3v) is 5.13. The maximum atomic E-state index is 12.8. The molecule has 4 rings (SSSR count). The number of fused-ring (bicyclic) bond motifs is 1. The molecule has 0 radical (unpaired) electrons. The first-order valence-electron chi connectivity index (χ1n) is 10.5. The number of para-hydroxylation sites is 1. The number of benzene rings is 3. The quantitative estimate of drug-likeness (QED) is 0.294. The van der Waals surface area contributed by atoms with Gasteiger partial charge in [-0.05, 0) is 29.8 Å². The van der Waals surface area contributed by atoms with Crippen LogP contribution in [0.25, 0.3) is 17.0 Å². The minimum Gasteiger partial charge on any atom is -0.489 e. The second-order valence-electron chi connectivity index (χ2n) is 7.55. The van der Waals surface area contributed by atoms with E-state index in [1.54, 1.807) is 47.2 Å². The van der Waals surface area contributed by atoms with Crippen LogP contribution >= 0.6 is 0 Å². The Bertz CT molecular complexity index is 1410. The summed E-state index contributed by atoms with van der Waals surface area (Å²) in [6.07, 6.45) is 3.09. The molecule has 0 aliphatic carbocycles. The number of rotatable bonds is 8. The molecule has 1 aromatic heterocycles. The maximum Gasteiger partial charge on any atom is 0.323 e. The molecule has 0 saturated heterocycles. The van der Waals surface area contributed by atoms with E-state index in [-0.39, 0.29) is 12.1 Å². The molecular formula is C27H21N3O4. The van der Waals surface area contributed by atoms with Gasteiger partial charge in [0.1, 0.15) is 30.5 Å². The molecule has 0 aliphatic heterocycles. The van der Waals surface area contributed by atoms with Gasteiger partial charge in [-0.25, -0.2) is 0 Å². The van der Waals surface area contributed by atoms with Crippen molar-refractivity contribution in [2.45, 2.75) is 13.2 Å². The van der Waals surface area contributed by atoms with Crippen molar-refractivity contribution in [1.29, 1.82) is 5.26 Å². The summed E-state index contributed by atoms with van der Waals surface area (Å²) in [5.41, 5.74) is 2.70. The van der Waals surface area contributed by atoms with Crippen LogP contribution in [-0.2, 0) is 22.7 Å². The smallest absolute Gasteiger partial charge is 0.323 e. The zero-order chi connectivity index (χ0) is 23.9. The molecule has 7 heteroatoms. The number of nitrogens with zero attached hydrogens (tertiary/aromatic N) is 2. The second-order valence-corrected chi connectivity index (χ2v) is 7.55. The molecule has 0 bridgehead atoms. The lowest BCUT2D eigenvalue weighted by atomic mass is 10.1. The largest absolute Gasteiger partial charge is 0.489 e. The number of hydrogen-bond donors (Lipinski definition) is 2. The Labute approximate surface area is 196 Å². The molecule has 0 aliphatic rings. The first kappa shape index (κ1) is 22.4. The fourth-order valence-corrected chi connectivity index (χ4v) is 3.57. The highest BCUT2D eigenvalue weighted by atomic mass is 16.5. The first-order chi connectivity index (χ1) is 16.5. The number of aromatic nitrogens is 1.